The molecule has 3 rings (SSSR count). The molecule has 0 radical (unpaired) electrons. The molecular weight excluding hydrogens is 344 g/mol. The van der Waals surface area contributed by atoms with E-state index in [1.165, 1.54) is 12.5 Å². The highest BCUT2D eigenvalue weighted by Crippen LogP contribution is 2.07. The summed E-state index contributed by atoms with van der Waals surface area (Å²) in [5.74, 6) is -0.517. The molecule has 1 atom stereocenters. The fourth-order valence-electron chi connectivity index (χ4n) is 2.76. The number of rotatable bonds is 7. The molecule has 0 bridgehead atoms. The van der Waals surface area contributed by atoms with Crippen molar-refractivity contribution in [2.75, 3.05) is 7.05 Å². The lowest BCUT2D eigenvalue weighted by molar-refractivity contribution is -0.132. The van der Waals surface area contributed by atoms with Gasteiger partial charge in [0.15, 0.2) is 0 Å². The lowest BCUT2D eigenvalue weighted by Gasteiger charge is -2.21. The van der Waals surface area contributed by atoms with E-state index in [1.54, 1.807) is 31.1 Å². The van der Waals surface area contributed by atoms with Gasteiger partial charge in [0, 0.05) is 25.4 Å². The second-order valence-corrected chi connectivity index (χ2v) is 6.43. The monoisotopic (exact) mass is 366 g/mol. The van der Waals surface area contributed by atoms with E-state index in [0.717, 1.165) is 11.1 Å². The van der Waals surface area contributed by atoms with Crippen molar-refractivity contribution in [1.82, 2.24) is 20.0 Å². The molecule has 0 aliphatic carbocycles. The van der Waals surface area contributed by atoms with Crippen LogP contribution in [0, 0.1) is 0 Å². The van der Waals surface area contributed by atoms with Crippen molar-refractivity contribution in [2.45, 2.75) is 26.1 Å². The number of hydrogen-bond donors (Lipinski definition) is 1. The van der Waals surface area contributed by atoms with Gasteiger partial charge in [0.2, 0.25) is 5.91 Å². The summed E-state index contributed by atoms with van der Waals surface area (Å²) in [5, 5.41) is 7.03. The van der Waals surface area contributed by atoms with E-state index in [4.69, 9.17) is 4.42 Å². The van der Waals surface area contributed by atoms with Crippen molar-refractivity contribution < 1.29 is 14.0 Å². The number of carbonyl (C=O) groups is 2. The number of hydrogen-bond acceptors (Lipinski definition) is 4. The van der Waals surface area contributed by atoms with Gasteiger partial charge in [-0.15, -0.1) is 0 Å². The van der Waals surface area contributed by atoms with Crippen LogP contribution in [0.4, 0.5) is 0 Å². The van der Waals surface area contributed by atoms with Gasteiger partial charge >= 0.3 is 0 Å². The van der Waals surface area contributed by atoms with Crippen molar-refractivity contribution in [3.05, 3.63) is 78.0 Å². The van der Waals surface area contributed by atoms with E-state index in [0.29, 0.717) is 18.7 Å². The highest BCUT2D eigenvalue weighted by molar-refractivity contribution is 5.97. The molecule has 0 saturated heterocycles. The van der Waals surface area contributed by atoms with Crippen LogP contribution in [0.25, 0.3) is 0 Å². The molecule has 140 valence electrons. The molecular formula is C20H22N4O3. The van der Waals surface area contributed by atoms with Gasteiger partial charge in [0.1, 0.15) is 12.3 Å². The first kappa shape index (κ1) is 18.4. The third-order valence-corrected chi connectivity index (χ3v) is 4.17. The molecule has 1 N–H and O–H groups in total. The Kier molecular flexibility index (Phi) is 5.71. The zero-order chi connectivity index (χ0) is 19.2. The van der Waals surface area contributed by atoms with Crippen molar-refractivity contribution >= 4 is 11.8 Å². The number of aromatic nitrogens is 2. The lowest BCUT2D eigenvalue weighted by Crippen LogP contribution is -2.45. The minimum absolute atomic E-state index is 0.178. The van der Waals surface area contributed by atoms with Gasteiger partial charge in [-0.25, -0.2) is 0 Å². The van der Waals surface area contributed by atoms with Gasteiger partial charge in [0.05, 0.1) is 24.6 Å². The Morgan fingerprint density at radius 3 is 2.70 bits per heavy atom. The van der Waals surface area contributed by atoms with Crippen LogP contribution in [0.3, 0.4) is 0 Å². The Hall–Kier alpha value is -3.35. The summed E-state index contributed by atoms with van der Waals surface area (Å²) in [6, 6.07) is 11.0. The summed E-state index contributed by atoms with van der Waals surface area (Å²) in [4.78, 5) is 26.1. The van der Waals surface area contributed by atoms with Crippen LogP contribution in [0.5, 0.6) is 0 Å². The standard InChI is InChI=1S/C20H22N4O3/c1-15(22-19(25)18-8-9-27-14-18)20(26)23(2)11-17-10-21-24(13-17)12-16-6-4-3-5-7-16/h3-10,13-15H,11-12H2,1-2H3,(H,22,25)/t15-/m0/s1. The van der Waals surface area contributed by atoms with Gasteiger partial charge in [-0.05, 0) is 18.6 Å². The van der Waals surface area contributed by atoms with Gasteiger partial charge in [-0.2, -0.15) is 5.10 Å². The van der Waals surface area contributed by atoms with Gasteiger partial charge < -0.3 is 14.6 Å². The number of likely N-dealkylation sites (N-methyl/N-ethyl adjacent to an activating group) is 1. The molecule has 2 amide bonds. The highest BCUT2D eigenvalue weighted by Gasteiger charge is 2.21. The normalized spacial score (nSPS) is 11.8. The van der Waals surface area contributed by atoms with Gasteiger partial charge in [0.25, 0.3) is 5.91 Å². The van der Waals surface area contributed by atoms with E-state index >= 15 is 0 Å². The number of nitrogens with one attached hydrogen (secondary N) is 1. The minimum Gasteiger partial charge on any atom is -0.472 e. The van der Waals surface area contributed by atoms with Crippen LogP contribution in [-0.2, 0) is 17.9 Å². The Balaban J connectivity index is 1.54. The predicted octanol–water partition coefficient (Wildman–Crippen LogP) is 2.30. The van der Waals surface area contributed by atoms with Crippen LogP contribution in [0.1, 0.15) is 28.4 Å². The molecule has 3 aromatic rings. The van der Waals surface area contributed by atoms with Crippen LogP contribution in [0.2, 0.25) is 0 Å². The highest BCUT2D eigenvalue weighted by atomic mass is 16.3. The van der Waals surface area contributed by atoms with E-state index in [2.05, 4.69) is 10.4 Å². The van der Waals surface area contributed by atoms with Crippen molar-refractivity contribution in [1.29, 1.82) is 0 Å². The molecule has 7 nitrogen and oxygen atoms in total. The quantitative estimate of drug-likeness (QED) is 0.696. The number of amides is 2. The molecule has 0 saturated carbocycles. The molecule has 1 aromatic carbocycles. The average Bonchev–Trinajstić information content (AvgIpc) is 3.34. The first-order chi connectivity index (χ1) is 13.0. The number of benzene rings is 1. The maximum atomic E-state index is 12.5. The molecule has 2 heterocycles. The van der Waals surface area contributed by atoms with Gasteiger partial charge in [-0.1, -0.05) is 30.3 Å². The molecule has 2 aromatic heterocycles. The number of carbonyl (C=O) groups excluding carboxylic acids is 2. The summed E-state index contributed by atoms with van der Waals surface area (Å²) >= 11 is 0. The first-order valence-corrected chi connectivity index (χ1v) is 8.66. The van der Waals surface area contributed by atoms with Crippen LogP contribution in [0.15, 0.2) is 65.7 Å². The summed E-state index contributed by atoms with van der Waals surface area (Å²) in [7, 11) is 1.71. The van der Waals surface area contributed by atoms with Gasteiger partial charge in [-0.3, -0.25) is 14.3 Å². The molecule has 7 heteroatoms. The zero-order valence-electron chi connectivity index (χ0n) is 15.3. The maximum Gasteiger partial charge on any atom is 0.255 e. The largest absolute Gasteiger partial charge is 0.472 e. The number of furan rings is 1. The summed E-state index contributed by atoms with van der Waals surface area (Å²) < 4.78 is 6.72. The molecule has 0 fully saturated rings. The average molecular weight is 366 g/mol. The van der Waals surface area contributed by atoms with E-state index in [-0.39, 0.29) is 11.8 Å². The molecule has 27 heavy (non-hydrogen) atoms. The lowest BCUT2D eigenvalue weighted by atomic mass is 10.2. The Bertz CT molecular complexity index is 887. The van der Waals surface area contributed by atoms with Crippen molar-refractivity contribution in [3.63, 3.8) is 0 Å². The Labute approximate surface area is 157 Å². The maximum absolute atomic E-state index is 12.5. The predicted molar refractivity (Wildman–Crippen MR) is 99.9 cm³/mol. The third kappa shape index (κ3) is 4.84. The van der Waals surface area contributed by atoms with Crippen LogP contribution >= 0.6 is 0 Å². The van der Waals surface area contributed by atoms with Crippen molar-refractivity contribution in [2.24, 2.45) is 0 Å². The zero-order valence-corrected chi connectivity index (χ0v) is 15.3. The number of nitrogens with zero attached hydrogens (tertiary/aromatic N) is 3. The van der Waals surface area contributed by atoms with E-state index < -0.39 is 6.04 Å². The summed E-state index contributed by atoms with van der Waals surface area (Å²) in [6.45, 7) is 2.75. The smallest absolute Gasteiger partial charge is 0.255 e. The minimum atomic E-state index is -0.642. The molecule has 0 unspecified atom stereocenters. The first-order valence-electron chi connectivity index (χ1n) is 8.66. The SMILES string of the molecule is C[C@H](NC(=O)c1ccoc1)C(=O)N(C)Cc1cnn(Cc2ccccc2)c1. The summed E-state index contributed by atoms with van der Waals surface area (Å²) in [6.07, 6.45) is 6.44. The second kappa shape index (κ2) is 8.35. The van der Waals surface area contributed by atoms with E-state index in [1.807, 2.05) is 41.2 Å². The van der Waals surface area contributed by atoms with Crippen LogP contribution in [-0.4, -0.2) is 39.6 Å². The van der Waals surface area contributed by atoms with Crippen molar-refractivity contribution in [3.8, 4) is 0 Å². The molecule has 0 spiro atoms. The second-order valence-electron chi connectivity index (χ2n) is 6.43. The summed E-state index contributed by atoms with van der Waals surface area (Å²) in [5.41, 5.74) is 2.47. The molecule has 0 aliphatic rings. The topological polar surface area (TPSA) is 80.4 Å². The fourth-order valence-corrected chi connectivity index (χ4v) is 2.76. The molecule has 0 aliphatic heterocycles. The fraction of sp³-hybridized carbons (Fsp3) is 0.250. The Morgan fingerprint density at radius 2 is 2.00 bits per heavy atom. The third-order valence-electron chi connectivity index (χ3n) is 4.17. The van der Waals surface area contributed by atoms with Crippen LogP contribution < -0.4 is 5.32 Å². The van der Waals surface area contributed by atoms with E-state index in [9.17, 15) is 9.59 Å². The Morgan fingerprint density at radius 1 is 1.22 bits per heavy atom.